The number of hydrogen-bond donors (Lipinski definition) is 1. The molecule has 0 aliphatic carbocycles. The lowest BCUT2D eigenvalue weighted by molar-refractivity contribution is 0.171. The van der Waals surface area contributed by atoms with Crippen molar-refractivity contribution >= 4 is 11.0 Å². The first-order valence-corrected chi connectivity index (χ1v) is 5.85. The number of methoxy groups -OCH3 is 1. The van der Waals surface area contributed by atoms with E-state index in [9.17, 15) is 0 Å². The second kappa shape index (κ2) is 5.29. The monoisotopic (exact) mass is 233 g/mol. The average molecular weight is 233 g/mol. The Kier molecular flexibility index (Phi) is 3.76. The molecule has 0 aliphatic rings. The molecular weight excluding hydrogens is 214 g/mol. The topological polar surface area (TPSA) is 39.1 Å². The summed E-state index contributed by atoms with van der Waals surface area (Å²) in [6.45, 7) is 3.58. The highest BCUT2D eigenvalue weighted by Gasteiger charge is 2.08. The SMILES string of the molecule is COCC(C)NCc1nc2ccccc2n1C. The van der Waals surface area contributed by atoms with Crippen LogP contribution in [0.5, 0.6) is 0 Å². The summed E-state index contributed by atoms with van der Waals surface area (Å²) in [4.78, 5) is 4.60. The summed E-state index contributed by atoms with van der Waals surface area (Å²) in [6, 6.07) is 8.51. The van der Waals surface area contributed by atoms with Gasteiger partial charge in [0.05, 0.1) is 24.2 Å². The number of nitrogens with zero attached hydrogens (tertiary/aromatic N) is 2. The van der Waals surface area contributed by atoms with Crippen LogP contribution in [-0.4, -0.2) is 29.3 Å². The maximum atomic E-state index is 5.09. The predicted molar refractivity (Wildman–Crippen MR) is 68.9 cm³/mol. The number of nitrogens with one attached hydrogen (secondary N) is 1. The Bertz CT molecular complexity index is 492. The highest BCUT2D eigenvalue weighted by Crippen LogP contribution is 2.13. The largest absolute Gasteiger partial charge is 0.383 e. The number of rotatable bonds is 5. The van der Waals surface area contributed by atoms with Gasteiger partial charge in [0.1, 0.15) is 5.82 Å². The minimum Gasteiger partial charge on any atom is -0.383 e. The van der Waals surface area contributed by atoms with E-state index in [2.05, 4.69) is 27.9 Å². The van der Waals surface area contributed by atoms with Gasteiger partial charge in [0.15, 0.2) is 0 Å². The van der Waals surface area contributed by atoms with Crippen LogP contribution in [-0.2, 0) is 18.3 Å². The Morgan fingerprint density at radius 2 is 2.18 bits per heavy atom. The predicted octanol–water partition coefficient (Wildman–Crippen LogP) is 1.70. The lowest BCUT2D eigenvalue weighted by Gasteiger charge is -2.12. The van der Waals surface area contributed by atoms with Crippen molar-refractivity contribution in [2.75, 3.05) is 13.7 Å². The maximum Gasteiger partial charge on any atom is 0.123 e. The second-order valence-electron chi connectivity index (χ2n) is 4.31. The van der Waals surface area contributed by atoms with Crippen molar-refractivity contribution in [2.45, 2.75) is 19.5 Å². The zero-order chi connectivity index (χ0) is 12.3. The van der Waals surface area contributed by atoms with Crippen molar-refractivity contribution in [3.05, 3.63) is 30.1 Å². The molecule has 0 spiro atoms. The molecule has 0 bridgehead atoms. The van der Waals surface area contributed by atoms with Crippen molar-refractivity contribution < 1.29 is 4.74 Å². The second-order valence-corrected chi connectivity index (χ2v) is 4.31. The summed E-state index contributed by atoms with van der Waals surface area (Å²) in [5.74, 6) is 1.05. The Morgan fingerprint density at radius 1 is 1.41 bits per heavy atom. The molecule has 1 N–H and O–H groups in total. The normalized spacial score (nSPS) is 13.1. The van der Waals surface area contributed by atoms with Crippen LogP contribution >= 0.6 is 0 Å². The smallest absolute Gasteiger partial charge is 0.123 e. The zero-order valence-electron chi connectivity index (χ0n) is 10.6. The van der Waals surface area contributed by atoms with E-state index in [1.165, 1.54) is 5.52 Å². The van der Waals surface area contributed by atoms with Crippen LogP contribution in [0.15, 0.2) is 24.3 Å². The molecular formula is C13H19N3O. The van der Waals surface area contributed by atoms with Crippen molar-refractivity contribution in [2.24, 2.45) is 7.05 Å². The molecule has 0 saturated carbocycles. The fourth-order valence-electron chi connectivity index (χ4n) is 1.93. The summed E-state index contributed by atoms with van der Waals surface area (Å²) < 4.78 is 7.22. The molecule has 1 aromatic heterocycles. The van der Waals surface area contributed by atoms with E-state index >= 15 is 0 Å². The van der Waals surface area contributed by atoms with Crippen LogP contribution in [0.4, 0.5) is 0 Å². The number of imidazole rings is 1. The number of aryl methyl sites for hydroxylation is 1. The fraction of sp³-hybridized carbons (Fsp3) is 0.462. The Morgan fingerprint density at radius 3 is 2.88 bits per heavy atom. The van der Waals surface area contributed by atoms with Crippen molar-refractivity contribution in [1.29, 1.82) is 0 Å². The molecule has 0 radical (unpaired) electrons. The highest BCUT2D eigenvalue weighted by atomic mass is 16.5. The zero-order valence-corrected chi connectivity index (χ0v) is 10.6. The van der Waals surface area contributed by atoms with Crippen LogP contribution in [0, 0.1) is 0 Å². The molecule has 4 nitrogen and oxygen atoms in total. The van der Waals surface area contributed by atoms with E-state index in [0.717, 1.165) is 17.9 Å². The average Bonchev–Trinajstić information content (AvgIpc) is 2.65. The van der Waals surface area contributed by atoms with Crippen LogP contribution in [0.25, 0.3) is 11.0 Å². The minimum atomic E-state index is 0.333. The number of aromatic nitrogens is 2. The third kappa shape index (κ3) is 2.65. The molecule has 0 aliphatic heterocycles. The molecule has 2 rings (SSSR count). The van der Waals surface area contributed by atoms with Gasteiger partial charge in [0.25, 0.3) is 0 Å². The first-order valence-electron chi connectivity index (χ1n) is 5.85. The quantitative estimate of drug-likeness (QED) is 0.854. The molecule has 1 heterocycles. The van der Waals surface area contributed by atoms with Crippen molar-refractivity contribution in [3.8, 4) is 0 Å². The fourth-order valence-corrected chi connectivity index (χ4v) is 1.93. The summed E-state index contributed by atoms with van der Waals surface area (Å²) in [5, 5.41) is 3.39. The van der Waals surface area contributed by atoms with E-state index in [-0.39, 0.29) is 0 Å². The highest BCUT2D eigenvalue weighted by molar-refractivity contribution is 5.75. The number of benzene rings is 1. The molecule has 0 amide bonds. The van der Waals surface area contributed by atoms with Gasteiger partial charge in [0, 0.05) is 20.2 Å². The lowest BCUT2D eigenvalue weighted by Crippen LogP contribution is -2.30. The summed E-state index contributed by atoms with van der Waals surface area (Å²) in [6.07, 6.45) is 0. The molecule has 1 unspecified atom stereocenters. The summed E-state index contributed by atoms with van der Waals surface area (Å²) in [7, 11) is 3.76. The van der Waals surface area contributed by atoms with E-state index in [1.807, 2.05) is 25.2 Å². The van der Waals surface area contributed by atoms with Gasteiger partial charge in [-0.3, -0.25) is 0 Å². The van der Waals surface area contributed by atoms with Gasteiger partial charge in [0.2, 0.25) is 0 Å². The van der Waals surface area contributed by atoms with E-state index in [1.54, 1.807) is 7.11 Å². The number of para-hydroxylation sites is 2. The standard InChI is InChI=1S/C13H19N3O/c1-10(9-17-3)14-8-13-15-11-6-4-5-7-12(11)16(13)2/h4-7,10,14H,8-9H2,1-3H3. The van der Waals surface area contributed by atoms with Gasteiger partial charge in [-0.15, -0.1) is 0 Å². The molecule has 1 atom stereocenters. The van der Waals surface area contributed by atoms with Gasteiger partial charge in [-0.1, -0.05) is 12.1 Å². The number of fused-ring (bicyclic) bond motifs is 1. The summed E-state index contributed by atoms with van der Waals surface area (Å²) >= 11 is 0. The molecule has 92 valence electrons. The third-order valence-corrected chi connectivity index (χ3v) is 2.91. The Hall–Kier alpha value is -1.39. The first-order chi connectivity index (χ1) is 8.22. The number of hydrogen-bond acceptors (Lipinski definition) is 3. The van der Waals surface area contributed by atoms with E-state index in [0.29, 0.717) is 12.6 Å². The van der Waals surface area contributed by atoms with E-state index < -0.39 is 0 Å². The van der Waals surface area contributed by atoms with Crippen molar-refractivity contribution in [3.63, 3.8) is 0 Å². The summed E-state index contributed by atoms with van der Waals surface area (Å²) in [5.41, 5.74) is 2.22. The van der Waals surface area contributed by atoms with Crippen molar-refractivity contribution in [1.82, 2.24) is 14.9 Å². The molecule has 1 aromatic carbocycles. The molecule has 4 heteroatoms. The maximum absolute atomic E-state index is 5.09. The minimum absolute atomic E-state index is 0.333. The molecule has 0 fully saturated rings. The first kappa shape index (κ1) is 12.1. The van der Waals surface area contributed by atoms with Crippen LogP contribution in [0.1, 0.15) is 12.7 Å². The van der Waals surface area contributed by atoms with Crippen LogP contribution < -0.4 is 5.32 Å². The van der Waals surface area contributed by atoms with E-state index in [4.69, 9.17) is 4.74 Å². The van der Waals surface area contributed by atoms with Crippen LogP contribution in [0.3, 0.4) is 0 Å². The molecule has 2 aromatic rings. The molecule has 0 saturated heterocycles. The van der Waals surface area contributed by atoms with Gasteiger partial charge in [-0.05, 0) is 19.1 Å². The van der Waals surface area contributed by atoms with Gasteiger partial charge in [-0.25, -0.2) is 4.98 Å². The van der Waals surface area contributed by atoms with Gasteiger partial charge >= 0.3 is 0 Å². The molecule has 17 heavy (non-hydrogen) atoms. The lowest BCUT2D eigenvalue weighted by atomic mass is 10.3. The third-order valence-electron chi connectivity index (χ3n) is 2.91. The Labute approximate surface area is 102 Å². The van der Waals surface area contributed by atoms with Gasteiger partial charge in [-0.2, -0.15) is 0 Å². The van der Waals surface area contributed by atoms with Crippen LogP contribution in [0.2, 0.25) is 0 Å². The van der Waals surface area contributed by atoms with Gasteiger partial charge < -0.3 is 14.6 Å². The number of ether oxygens (including phenoxy) is 1. The Balaban J connectivity index is 2.11.